The Hall–Kier alpha value is -1.71. The molecule has 0 amide bonds. The van der Waals surface area contributed by atoms with E-state index in [2.05, 4.69) is 9.46 Å². The van der Waals surface area contributed by atoms with Gasteiger partial charge in [-0.2, -0.15) is 0 Å². The van der Waals surface area contributed by atoms with E-state index in [9.17, 15) is 23.3 Å². The van der Waals surface area contributed by atoms with Crippen LogP contribution in [0.25, 0.3) is 0 Å². The zero-order valence-corrected chi connectivity index (χ0v) is 12.6. The topological polar surface area (TPSA) is 116 Å². The SMILES string of the molecule is CCOC(=O)CCNS(=O)(=O)c1cc([N+](=O)[O-])ccc1Cl. The smallest absolute Gasteiger partial charge is 0.307 e. The Morgan fingerprint density at radius 2 is 2.14 bits per heavy atom. The lowest BCUT2D eigenvalue weighted by atomic mass is 10.3. The molecule has 0 heterocycles. The van der Waals surface area contributed by atoms with Crippen LogP contribution in [0, 0.1) is 10.1 Å². The second-order valence-corrected chi connectivity index (χ2v) is 5.97. The van der Waals surface area contributed by atoms with Crippen molar-refractivity contribution in [3.05, 3.63) is 33.3 Å². The summed E-state index contributed by atoms with van der Waals surface area (Å²) < 4.78 is 30.8. The maximum atomic E-state index is 12.0. The van der Waals surface area contributed by atoms with E-state index in [0.717, 1.165) is 18.2 Å². The molecule has 8 nitrogen and oxygen atoms in total. The molecule has 0 saturated heterocycles. The molecule has 1 aromatic carbocycles. The van der Waals surface area contributed by atoms with E-state index in [4.69, 9.17) is 11.6 Å². The van der Waals surface area contributed by atoms with Crippen LogP contribution in [-0.4, -0.2) is 32.5 Å². The average molecular weight is 337 g/mol. The van der Waals surface area contributed by atoms with Gasteiger partial charge in [0.25, 0.3) is 5.69 Å². The van der Waals surface area contributed by atoms with Crippen molar-refractivity contribution in [1.82, 2.24) is 4.72 Å². The van der Waals surface area contributed by atoms with Gasteiger partial charge in [-0.15, -0.1) is 0 Å². The summed E-state index contributed by atoms with van der Waals surface area (Å²) in [7, 11) is -4.05. The lowest BCUT2D eigenvalue weighted by Gasteiger charge is -2.08. The van der Waals surface area contributed by atoms with Crippen molar-refractivity contribution in [2.45, 2.75) is 18.2 Å². The van der Waals surface area contributed by atoms with Crippen LogP contribution >= 0.6 is 11.6 Å². The number of nitrogens with one attached hydrogen (secondary N) is 1. The number of nitro groups is 1. The number of benzene rings is 1. The number of nitro benzene ring substituents is 1. The number of ether oxygens (including phenoxy) is 1. The Morgan fingerprint density at radius 1 is 1.48 bits per heavy atom. The quantitative estimate of drug-likeness (QED) is 0.458. The number of sulfonamides is 1. The number of carbonyl (C=O) groups excluding carboxylic acids is 1. The third kappa shape index (κ3) is 4.96. The van der Waals surface area contributed by atoms with Crippen LogP contribution in [0.3, 0.4) is 0 Å². The van der Waals surface area contributed by atoms with Crippen molar-refractivity contribution in [3.8, 4) is 0 Å². The first kappa shape index (κ1) is 17.3. The molecule has 0 fully saturated rings. The van der Waals surface area contributed by atoms with Crippen LogP contribution in [0.1, 0.15) is 13.3 Å². The highest BCUT2D eigenvalue weighted by atomic mass is 35.5. The molecule has 0 aliphatic heterocycles. The first-order valence-corrected chi connectivity index (χ1v) is 7.73. The molecular formula is C11H13ClN2O6S. The van der Waals surface area contributed by atoms with Crippen LogP contribution in [0.2, 0.25) is 5.02 Å². The molecule has 0 bridgehead atoms. The second-order valence-electron chi connectivity index (χ2n) is 3.82. The Labute approximate surface area is 126 Å². The van der Waals surface area contributed by atoms with E-state index in [1.807, 2.05) is 0 Å². The van der Waals surface area contributed by atoms with Gasteiger partial charge in [-0.25, -0.2) is 13.1 Å². The molecule has 0 aromatic heterocycles. The van der Waals surface area contributed by atoms with Crippen LogP contribution in [0.4, 0.5) is 5.69 Å². The van der Waals surface area contributed by atoms with Gasteiger partial charge in [0.15, 0.2) is 0 Å². The molecule has 0 aliphatic rings. The molecule has 0 saturated carbocycles. The first-order valence-electron chi connectivity index (χ1n) is 5.87. The molecule has 1 N–H and O–H groups in total. The van der Waals surface area contributed by atoms with Gasteiger partial charge in [-0.05, 0) is 13.0 Å². The Balaban J connectivity index is 2.85. The number of carbonyl (C=O) groups is 1. The number of halogens is 1. The summed E-state index contributed by atoms with van der Waals surface area (Å²) in [5.41, 5.74) is -0.398. The lowest BCUT2D eigenvalue weighted by molar-refractivity contribution is -0.385. The molecule has 0 atom stereocenters. The van der Waals surface area contributed by atoms with Gasteiger partial charge in [0, 0.05) is 18.7 Å². The Morgan fingerprint density at radius 3 is 2.71 bits per heavy atom. The molecule has 1 rings (SSSR count). The fourth-order valence-corrected chi connectivity index (χ4v) is 2.96. The molecule has 116 valence electrons. The molecule has 0 unspecified atom stereocenters. The fourth-order valence-electron chi connectivity index (χ4n) is 1.41. The molecule has 0 aliphatic carbocycles. The predicted molar refractivity (Wildman–Crippen MR) is 74.5 cm³/mol. The van der Waals surface area contributed by atoms with Crippen LogP contribution in [-0.2, 0) is 19.6 Å². The number of rotatable bonds is 7. The van der Waals surface area contributed by atoms with E-state index in [1.165, 1.54) is 0 Å². The normalized spacial score (nSPS) is 11.1. The highest BCUT2D eigenvalue weighted by Gasteiger charge is 2.21. The van der Waals surface area contributed by atoms with Gasteiger partial charge in [-0.1, -0.05) is 11.6 Å². The van der Waals surface area contributed by atoms with Gasteiger partial charge in [-0.3, -0.25) is 14.9 Å². The minimum Gasteiger partial charge on any atom is -0.466 e. The third-order valence-electron chi connectivity index (χ3n) is 2.34. The third-order valence-corrected chi connectivity index (χ3v) is 4.28. The predicted octanol–water partition coefficient (Wildman–Crippen LogP) is 1.48. The number of nitrogens with zero attached hydrogens (tertiary/aromatic N) is 1. The molecule has 0 spiro atoms. The zero-order chi connectivity index (χ0) is 16.0. The van der Waals surface area contributed by atoms with Crippen LogP contribution in [0.15, 0.2) is 23.1 Å². The molecular weight excluding hydrogens is 324 g/mol. The van der Waals surface area contributed by atoms with Crippen LogP contribution in [0.5, 0.6) is 0 Å². The summed E-state index contributed by atoms with van der Waals surface area (Å²) in [6, 6.07) is 3.08. The van der Waals surface area contributed by atoms with Crippen molar-refractivity contribution < 1.29 is 22.9 Å². The first-order chi connectivity index (χ1) is 9.77. The van der Waals surface area contributed by atoms with Gasteiger partial charge in [0.2, 0.25) is 10.0 Å². The number of hydrogen-bond donors (Lipinski definition) is 1. The Bertz CT molecular complexity index is 646. The number of non-ortho nitro benzene ring substituents is 1. The maximum absolute atomic E-state index is 12.0. The summed E-state index contributed by atoms with van der Waals surface area (Å²) in [5.74, 6) is -0.551. The summed E-state index contributed by atoms with van der Waals surface area (Å²) in [5, 5.41) is 10.5. The number of hydrogen-bond acceptors (Lipinski definition) is 6. The van der Waals surface area contributed by atoms with Crippen molar-refractivity contribution >= 4 is 33.3 Å². The molecule has 21 heavy (non-hydrogen) atoms. The summed E-state index contributed by atoms with van der Waals surface area (Å²) >= 11 is 5.74. The molecule has 0 radical (unpaired) electrons. The average Bonchev–Trinajstić information content (AvgIpc) is 2.38. The summed E-state index contributed by atoms with van der Waals surface area (Å²) in [6.45, 7) is 1.63. The minimum absolute atomic E-state index is 0.149. The second kappa shape index (κ2) is 7.34. The lowest BCUT2D eigenvalue weighted by Crippen LogP contribution is -2.27. The van der Waals surface area contributed by atoms with Gasteiger partial charge < -0.3 is 4.74 Å². The van der Waals surface area contributed by atoms with Crippen molar-refractivity contribution in [3.63, 3.8) is 0 Å². The van der Waals surface area contributed by atoms with E-state index in [1.54, 1.807) is 6.92 Å². The minimum atomic E-state index is -4.05. The van der Waals surface area contributed by atoms with Crippen LogP contribution < -0.4 is 4.72 Å². The van der Waals surface area contributed by atoms with E-state index < -0.39 is 31.5 Å². The number of esters is 1. The highest BCUT2D eigenvalue weighted by Crippen LogP contribution is 2.25. The maximum Gasteiger partial charge on any atom is 0.307 e. The zero-order valence-electron chi connectivity index (χ0n) is 11.0. The summed E-state index contributed by atoms with van der Waals surface area (Å²) in [6.07, 6.45) is -0.153. The van der Waals surface area contributed by atoms with Gasteiger partial charge >= 0.3 is 5.97 Å². The largest absolute Gasteiger partial charge is 0.466 e. The van der Waals surface area contributed by atoms with Crippen molar-refractivity contribution in [2.75, 3.05) is 13.2 Å². The van der Waals surface area contributed by atoms with E-state index >= 15 is 0 Å². The van der Waals surface area contributed by atoms with Crippen molar-refractivity contribution in [1.29, 1.82) is 0 Å². The molecule has 1 aromatic rings. The molecule has 10 heteroatoms. The standard InChI is InChI=1S/C11H13ClN2O6S/c1-2-20-11(15)5-6-13-21(18,19)10-7-8(14(16)17)3-4-9(10)12/h3-4,7,13H,2,5-6H2,1H3. The van der Waals surface area contributed by atoms with Gasteiger partial charge in [0.1, 0.15) is 4.90 Å². The fraction of sp³-hybridized carbons (Fsp3) is 0.364. The van der Waals surface area contributed by atoms with E-state index in [-0.39, 0.29) is 24.6 Å². The monoisotopic (exact) mass is 336 g/mol. The Kier molecular flexibility index (Phi) is 6.06. The van der Waals surface area contributed by atoms with Crippen molar-refractivity contribution in [2.24, 2.45) is 0 Å². The van der Waals surface area contributed by atoms with E-state index in [0.29, 0.717) is 0 Å². The van der Waals surface area contributed by atoms with Gasteiger partial charge in [0.05, 0.1) is 23.0 Å². The highest BCUT2D eigenvalue weighted by molar-refractivity contribution is 7.89. The summed E-state index contributed by atoms with van der Waals surface area (Å²) in [4.78, 5) is 20.6.